The topological polar surface area (TPSA) is 47.0 Å². The van der Waals surface area contributed by atoms with Gasteiger partial charge in [-0.25, -0.2) is 9.97 Å². The highest BCUT2D eigenvalue weighted by atomic mass is 16.7. The fraction of sp³-hybridized carbons (Fsp3) is 0.600. The van der Waals surface area contributed by atoms with Gasteiger partial charge in [0.05, 0.1) is 12.6 Å². The van der Waals surface area contributed by atoms with Crippen molar-refractivity contribution in [3.63, 3.8) is 0 Å². The van der Waals surface area contributed by atoms with Gasteiger partial charge < -0.3 is 0 Å². The van der Waals surface area contributed by atoms with Crippen LogP contribution in [0.2, 0.25) is 0 Å². The first-order chi connectivity index (χ1) is 6.95. The zero-order valence-corrected chi connectivity index (χ0v) is 8.15. The van der Waals surface area contributed by atoms with E-state index in [-0.39, 0.29) is 0 Å². The van der Waals surface area contributed by atoms with E-state index >= 15 is 0 Å². The molecule has 0 spiro atoms. The van der Waals surface area contributed by atoms with Crippen molar-refractivity contribution in [3.8, 4) is 0 Å². The predicted molar refractivity (Wildman–Crippen MR) is 52.2 cm³/mol. The highest BCUT2D eigenvalue weighted by molar-refractivity contribution is 4.87. The molecule has 1 aromatic rings. The molecule has 0 bridgehead atoms. The largest absolute Gasteiger partial charge is 0.298 e. The van der Waals surface area contributed by atoms with Crippen LogP contribution in [0.1, 0.15) is 31.5 Å². The first-order valence-electron chi connectivity index (χ1n) is 5.09. The SMILES string of the molecule is c1cnc(CNOC2CCCC2)nc1. The van der Waals surface area contributed by atoms with Crippen molar-refractivity contribution in [1.82, 2.24) is 15.4 Å². The van der Waals surface area contributed by atoms with Crippen LogP contribution in [0.5, 0.6) is 0 Å². The molecule has 0 atom stereocenters. The third-order valence-electron chi connectivity index (χ3n) is 2.40. The van der Waals surface area contributed by atoms with Crippen molar-refractivity contribution in [3.05, 3.63) is 24.3 Å². The number of aromatic nitrogens is 2. The van der Waals surface area contributed by atoms with Gasteiger partial charge in [0.2, 0.25) is 0 Å². The van der Waals surface area contributed by atoms with Crippen LogP contribution in [0, 0.1) is 0 Å². The number of nitrogens with one attached hydrogen (secondary N) is 1. The molecule has 1 aromatic heterocycles. The van der Waals surface area contributed by atoms with E-state index in [2.05, 4.69) is 15.4 Å². The first kappa shape index (κ1) is 9.55. The number of hydroxylamine groups is 1. The Bertz CT molecular complexity index is 259. The van der Waals surface area contributed by atoms with E-state index in [1.54, 1.807) is 18.5 Å². The summed E-state index contributed by atoms with van der Waals surface area (Å²) in [5, 5.41) is 0. The molecule has 14 heavy (non-hydrogen) atoms. The number of hydrogen-bond acceptors (Lipinski definition) is 4. The second-order valence-electron chi connectivity index (χ2n) is 3.51. The highest BCUT2D eigenvalue weighted by Gasteiger charge is 2.15. The van der Waals surface area contributed by atoms with Gasteiger partial charge in [-0.3, -0.25) is 4.84 Å². The van der Waals surface area contributed by atoms with Crippen molar-refractivity contribution >= 4 is 0 Å². The van der Waals surface area contributed by atoms with Crippen LogP contribution in [-0.4, -0.2) is 16.1 Å². The van der Waals surface area contributed by atoms with Crippen molar-refractivity contribution < 1.29 is 4.84 Å². The van der Waals surface area contributed by atoms with E-state index in [1.807, 2.05) is 0 Å². The maximum Gasteiger partial charge on any atom is 0.144 e. The molecule has 2 rings (SSSR count). The molecule has 0 unspecified atom stereocenters. The number of nitrogens with zero attached hydrogens (tertiary/aromatic N) is 2. The molecule has 1 fully saturated rings. The Labute approximate surface area is 83.7 Å². The van der Waals surface area contributed by atoms with Crippen molar-refractivity contribution in [2.75, 3.05) is 0 Å². The zero-order valence-electron chi connectivity index (χ0n) is 8.15. The van der Waals surface area contributed by atoms with Crippen LogP contribution in [0.25, 0.3) is 0 Å². The second-order valence-corrected chi connectivity index (χ2v) is 3.51. The molecular weight excluding hydrogens is 178 g/mol. The van der Waals surface area contributed by atoms with Crippen LogP contribution in [0.15, 0.2) is 18.5 Å². The van der Waals surface area contributed by atoms with Gasteiger partial charge in [0.15, 0.2) is 0 Å². The quantitative estimate of drug-likeness (QED) is 0.735. The van der Waals surface area contributed by atoms with Gasteiger partial charge in [-0.1, -0.05) is 12.8 Å². The van der Waals surface area contributed by atoms with E-state index in [0.717, 1.165) is 5.82 Å². The number of rotatable bonds is 4. The molecule has 0 saturated heterocycles. The Hall–Kier alpha value is -1.00. The smallest absolute Gasteiger partial charge is 0.144 e. The lowest BCUT2D eigenvalue weighted by molar-refractivity contribution is -0.0254. The van der Waals surface area contributed by atoms with Crippen LogP contribution >= 0.6 is 0 Å². The van der Waals surface area contributed by atoms with Crippen molar-refractivity contribution in [1.29, 1.82) is 0 Å². The molecule has 4 nitrogen and oxygen atoms in total. The Morgan fingerprint density at radius 2 is 2.00 bits per heavy atom. The van der Waals surface area contributed by atoms with Crippen LogP contribution in [0.4, 0.5) is 0 Å². The molecule has 0 aliphatic heterocycles. The second kappa shape index (κ2) is 5.02. The van der Waals surface area contributed by atoms with Crippen molar-refractivity contribution in [2.45, 2.75) is 38.3 Å². The Balaban J connectivity index is 1.67. The van der Waals surface area contributed by atoms with Crippen LogP contribution in [-0.2, 0) is 11.4 Å². The molecule has 4 heteroatoms. The first-order valence-corrected chi connectivity index (χ1v) is 5.09. The molecule has 1 aliphatic carbocycles. The predicted octanol–water partition coefficient (Wildman–Crippen LogP) is 1.44. The highest BCUT2D eigenvalue weighted by Crippen LogP contribution is 2.19. The molecule has 0 radical (unpaired) electrons. The van der Waals surface area contributed by atoms with Gasteiger partial charge in [-0.2, -0.15) is 5.48 Å². The monoisotopic (exact) mass is 193 g/mol. The average Bonchev–Trinajstić information content (AvgIpc) is 2.72. The summed E-state index contributed by atoms with van der Waals surface area (Å²) in [6.07, 6.45) is 8.77. The van der Waals surface area contributed by atoms with E-state index in [1.165, 1.54) is 25.7 Å². The minimum absolute atomic E-state index is 0.388. The zero-order chi connectivity index (χ0) is 9.64. The number of hydrogen-bond donors (Lipinski definition) is 1. The summed E-state index contributed by atoms with van der Waals surface area (Å²) in [7, 11) is 0. The summed E-state index contributed by atoms with van der Waals surface area (Å²) in [4.78, 5) is 13.7. The average molecular weight is 193 g/mol. The standard InChI is InChI=1S/C10H15N3O/c1-2-5-9(4-1)14-13-8-10-11-6-3-7-12-10/h3,6-7,9,13H,1-2,4-5,8H2. The molecule has 0 amide bonds. The third kappa shape index (κ3) is 2.75. The lowest BCUT2D eigenvalue weighted by atomic mass is 10.3. The van der Waals surface area contributed by atoms with Gasteiger partial charge >= 0.3 is 0 Å². The summed E-state index contributed by atoms with van der Waals surface area (Å²) in [6, 6.07) is 1.81. The minimum atomic E-state index is 0.388. The van der Waals surface area contributed by atoms with E-state index < -0.39 is 0 Å². The van der Waals surface area contributed by atoms with Crippen LogP contribution in [0.3, 0.4) is 0 Å². The fourth-order valence-corrected chi connectivity index (χ4v) is 1.65. The maximum absolute atomic E-state index is 5.48. The lowest BCUT2D eigenvalue weighted by Crippen LogP contribution is -2.22. The lowest BCUT2D eigenvalue weighted by Gasteiger charge is -2.10. The summed E-state index contributed by atoms with van der Waals surface area (Å²) >= 11 is 0. The molecular formula is C10H15N3O. The molecule has 1 N–H and O–H groups in total. The Kier molecular flexibility index (Phi) is 3.43. The van der Waals surface area contributed by atoms with Crippen LogP contribution < -0.4 is 5.48 Å². The van der Waals surface area contributed by atoms with E-state index in [9.17, 15) is 0 Å². The van der Waals surface area contributed by atoms with E-state index in [0.29, 0.717) is 12.6 Å². The summed E-state index contributed by atoms with van der Waals surface area (Å²) in [5.74, 6) is 0.769. The molecule has 0 aromatic carbocycles. The summed E-state index contributed by atoms with van der Waals surface area (Å²) in [5.41, 5.74) is 2.92. The van der Waals surface area contributed by atoms with E-state index in [4.69, 9.17) is 4.84 Å². The van der Waals surface area contributed by atoms with Gasteiger partial charge in [-0.05, 0) is 18.9 Å². The molecule has 1 aliphatic rings. The minimum Gasteiger partial charge on any atom is -0.298 e. The summed E-state index contributed by atoms with van der Waals surface area (Å²) in [6.45, 7) is 0.581. The van der Waals surface area contributed by atoms with Crippen molar-refractivity contribution in [2.24, 2.45) is 0 Å². The van der Waals surface area contributed by atoms with Gasteiger partial charge in [0.25, 0.3) is 0 Å². The normalized spacial score (nSPS) is 17.4. The van der Waals surface area contributed by atoms with Gasteiger partial charge in [0, 0.05) is 12.4 Å². The molecule has 1 heterocycles. The Morgan fingerprint density at radius 3 is 2.71 bits per heavy atom. The fourth-order valence-electron chi connectivity index (χ4n) is 1.65. The van der Waals surface area contributed by atoms with Gasteiger partial charge in [-0.15, -0.1) is 0 Å². The summed E-state index contributed by atoms with van der Waals surface area (Å²) < 4.78 is 0. The van der Waals surface area contributed by atoms with Gasteiger partial charge in [0.1, 0.15) is 5.82 Å². The maximum atomic E-state index is 5.48. The molecule has 76 valence electrons. The molecule has 1 saturated carbocycles. The third-order valence-corrected chi connectivity index (χ3v) is 2.40. The Morgan fingerprint density at radius 1 is 1.29 bits per heavy atom.